The number of carbonyl (C=O) groups excluding carboxylic acids is 1. The number of benzene rings is 1. The second-order valence-corrected chi connectivity index (χ2v) is 5.75. The highest BCUT2D eigenvalue weighted by atomic mass is 16.1. The largest absolute Gasteiger partial charge is 0.347 e. The quantitative estimate of drug-likeness (QED) is 0.750. The van der Waals surface area contributed by atoms with Gasteiger partial charge in [-0.15, -0.1) is 0 Å². The standard InChI is InChI=1S/C19H19N5O/c1-13-5-6-14(2)17(10-13)24-19-21-9-7-16(23-19)18(25)22-12-15-4-3-8-20-11-15/h3-11H,12H2,1-2H3,(H,22,25)(H,21,23,24). The Hall–Kier alpha value is -3.28. The number of pyridine rings is 1. The number of carbonyl (C=O) groups is 1. The zero-order chi connectivity index (χ0) is 17.6. The number of aryl methyl sites for hydroxylation is 2. The molecule has 0 saturated heterocycles. The third kappa shape index (κ3) is 4.38. The molecule has 2 aromatic heterocycles. The summed E-state index contributed by atoms with van der Waals surface area (Å²) in [7, 11) is 0. The van der Waals surface area contributed by atoms with Crippen molar-refractivity contribution in [1.82, 2.24) is 20.3 Å². The van der Waals surface area contributed by atoms with E-state index in [0.29, 0.717) is 18.2 Å². The van der Waals surface area contributed by atoms with Crippen LogP contribution in [0.1, 0.15) is 27.2 Å². The van der Waals surface area contributed by atoms with E-state index in [4.69, 9.17) is 0 Å². The number of hydrogen-bond donors (Lipinski definition) is 2. The van der Waals surface area contributed by atoms with E-state index in [0.717, 1.165) is 22.4 Å². The van der Waals surface area contributed by atoms with E-state index in [1.165, 1.54) is 0 Å². The third-order valence-electron chi connectivity index (χ3n) is 3.70. The lowest BCUT2D eigenvalue weighted by molar-refractivity contribution is 0.0946. The maximum atomic E-state index is 12.3. The minimum Gasteiger partial charge on any atom is -0.347 e. The van der Waals surface area contributed by atoms with Gasteiger partial charge in [0.15, 0.2) is 0 Å². The van der Waals surface area contributed by atoms with Crippen molar-refractivity contribution in [2.24, 2.45) is 0 Å². The number of anilines is 2. The van der Waals surface area contributed by atoms with Gasteiger partial charge in [0.1, 0.15) is 5.69 Å². The predicted octanol–water partition coefficient (Wildman–Crippen LogP) is 3.16. The number of aromatic nitrogens is 3. The molecule has 0 saturated carbocycles. The topological polar surface area (TPSA) is 79.8 Å². The first-order chi connectivity index (χ1) is 12.1. The summed E-state index contributed by atoms with van der Waals surface area (Å²) in [6, 6.07) is 11.4. The van der Waals surface area contributed by atoms with Gasteiger partial charge in [-0.1, -0.05) is 18.2 Å². The van der Waals surface area contributed by atoms with Crippen molar-refractivity contribution in [3.05, 3.63) is 77.4 Å². The van der Waals surface area contributed by atoms with Crippen molar-refractivity contribution < 1.29 is 4.79 Å². The Morgan fingerprint density at radius 2 is 2.00 bits per heavy atom. The van der Waals surface area contributed by atoms with Crippen LogP contribution in [0, 0.1) is 13.8 Å². The van der Waals surface area contributed by atoms with Crippen molar-refractivity contribution in [1.29, 1.82) is 0 Å². The molecule has 3 rings (SSSR count). The molecule has 6 nitrogen and oxygen atoms in total. The fraction of sp³-hybridized carbons (Fsp3) is 0.158. The van der Waals surface area contributed by atoms with E-state index < -0.39 is 0 Å². The van der Waals surface area contributed by atoms with Crippen LogP contribution in [-0.2, 0) is 6.54 Å². The van der Waals surface area contributed by atoms with Gasteiger partial charge in [0.25, 0.3) is 5.91 Å². The van der Waals surface area contributed by atoms with Crippen LogP contribution in [0.15, 0.2) is 55.0 Å². The van der Waals surface area contributed by atoms with Crippen LogP contribution in [0.25, 0.3) is 0 Å². The fourth-order valence-electron chi connectivity index (χ4n) is 2.31. The average molecular weight is 333 g/mol. The molecule has 1 aromatic carbocycles. The summed E-state index contributed by atoms with van der Waals surface area (Å²) in [6.07, 6.45) is 4.98. The summed E-state index contributed by atoms with van der Waals surface area (Å²) >= 11 is 0. The van der Waals surface area contributed by atoms with Gasteiger partial charge in [-0.3, -0.25) is 9.78 Å². The lowest BCUT2D eigenvalue weighted by atomic mass is 10.1. The highest BCUT2D eigenvalue weighted by Gasteiger charge is 2.09. The summed E-state index contributed by atoms with van der Waals surface area (Å²) in [6.45, 7) is 4.43. The van der Waals surface area contributed by atoms with Gasteiger partial charge in [-0.2, -0.15) is 0 Å². The molecule has 0 spiro atoms. The van der Waals surface area contributed by atoms with E-state index in [1.807, 2.05) is 44.2 Å². The Labute approximate surface area is 146 Å². The van der Waals surface area contributed by atoms with Crippen molar-refractivity contribution in [3.8, 4) is 0 Å². The number of rotatable bonds is 5. The molecule has 0 aliphatic rings. The smallest absolute Gasteiger partial charge is 0.270 e. The van der Waals surface area contributed by atoms with E-state index >= 15 is 0 Å². The summed E-state index contributed by atoms with van der Waals surface area (Å²) in [5.74, 6) is 0.137. The fourth-order valence-corrected chi connectivity index (χ4v) is 2.31. The number of amides is 1. The van der Waals surface area contributed by atoms with Crippen molar-refractivity contribution in [3.63, 3.8) is 0 Å². The van der Waals surface area contributed by atoms with Crippen LogP contribution in [0.2, 0.25) is 0 Å². The van der Waals surface area contributed by atoms with Crippen LogP contribution in [-0.4, -0.2) is 20.9 Å². The minimum absolute atomic E-state index is 0.254. The normalized spacial score (nSPS) is 10.3. The third-order valence-corrected chi connectivity index (χ3v) is 3.70. The number of nitrogens with one attached hydrogen (secondary N) is 2. The highest BCUT2D eigenvalue weighted by Crippen LogP contribution is 2.19. The Bertz CT molecular complexity index is 880. The molecule has 0 unspecified atom stereocenters. The molecule has 0 fully saturated rings. The molecule has 3 aromatic rings. The lowest BCUT2D eigenvalue weighted by Gasteiger charge is -2.10. The molecule has 2 N–H and O–H groups in total. The van der Waals surface area contributed by atoms with Crippen molar-refractivity contribution in [2.75, 3.05) is 5.32 Å². The maximum absolute atomic E-state index is 12.3. The van der Waals surface area contributed by atoms with Gasteiger partial charge >= 0.3 is 0 Å². The first-order valence-corrected chi connectivity index (χ1v) is 7.96. The van der Waals surface area contributed by atoms with Crippen molar-refractivity contribution in [2.45, 2.75) is 20.4 Å². The lowest BCUT2D eigenvalue weighted by Crippen LogP contribution is -2.24. The average Bonchev–Trinajstić information content (AvgIpc) is 2.64. The SMILES string of the molecule is Cc1ccc(C)c(Nc2nccc(C(=O)NCc3cccnc3)n2)c1. The van der Waals surface area contributed by atoms with Gasteiger partial charge < -0.3 is 10.6 Å². The first-order valence-electron chi connectivity index (χ1n) is 7.96. The zero-order valence-electron chi connectivity index (χ0n) is 14.2. The second-order valence-electron chi connectivity index (χ2n) is 5.75. The molecule has 0 atom stereocenters. The van der Waals surface area contributed by atoms with E-state index in [-0.39, 0.29) is 5.91 Å². The molecule has 126 valence electrons. The molecule has 1 amide bonds. The number of nitrogens with zero attached hydrogens (tertiary/aromatic N) is 3. The van der Waals surface area contributed by atoms with Crippen LogP contribution < -0.4 is 10.6 Å². The summed E-state index contributed by atoms with van der Waals surface area (Å²) in [5.41, 5.74) is 4.39. The van der Waals surface area contributed by atoms with E-state index in [9.17, 15) is 4.79 Å². The van der Waals surface area contributed by atoms with E-state index in [2.05, 4.69) is 25.6 Å². The Morgan fingerprint density at radius 1 is 1.12 bits per heavy atom. The van der Waals surface area contributed by atoms with Gasteiger partial charge in [0, 0.05) is 30.8 Å². The molecule has 25 heavy (non-hydrogen) atoms. The highest BCUT2D eigenvalue weighted by molar-refractivity contribution is 5.92. The zero-order valence-corrected chi connectivity index (χ0v) is 14.2. The predicted molar refractivity (Wildman–Crippen MR) is 96.6 cm³/mol. The Morgan fingerprint density at radius 3 is 2.80 bits per heavy atom. The summed E-state index contributed by atoms with van der Waals surface area (Å²) < 4.78 is 0. The van der Waals surface area contributed by atoms with Crippen molar-refractivity contribution >= 4 is 17.5 Å². The molecule has 0 bridgehead atoms. The van der Waals surface area contributed by atoms with Crippen LogP contribution in [0.3, 0.4) is 0 Å². The van der Waals surface area contributed by atoms with E-state index in [1.54, 1.807) is 24.7 Å². The summed E-state index contributed by atoms with van der Waals surface area (Å²) in [5, 5.41) is 6.00. The van der Waals surface area contributed by atoms with Gasteiger partial charge in [0.2, 0.25) is 5.95 Å². The number of hydrogen-bond acceptors (Lipinski definition) is 5. The molecule has 6 heteroatoms. The first kappa shape index (κ1) is 16.6. The van der Waals surface area contributed by atoms with Gasteiger partial charge in [-0.25, -0.2) is 9.97 Å². The second kappa shape index (κ2) is 7.53. The minimum atomic E-state index is -0.254. The molecule has 0 radical (unpaired) electrons. The van der Waals surface area contributed by atoms with Gasteiger partial charge in [0.05, 0.1) is 0 Å². The monoisotopic (exact) mass is 333 g/mol. The van der Waals surface area contributed by atoms with Crippen LogP contribution in [0.4, 0.5) is 11.6 Å². The molecule has 0 aliphatic heterocycles. The molecule has 2 heterocycles. The van der Waals surface area contributed by atoms with Crippen LogP contribution in [0.5, 0.6) is 0 Å². The van der Waals surface area contributed by atoms with Crippen LogP contribution >= 0.6 is 0 Å². The molecule has 0 aliphatic carbocycles. The Balaban J connectivity index is 1.70. The maximum Gasteiger partial charge on any atom is 0.270 e. The summed E-state index contributed by atoms with van der Waals surface area (Å²) in [4.78, 5) is 24.8. The Kier molecular flexibility index (Phi) is 4.99. The van der Waals surface area contributed by atoms with Gasteiger partial charge in [-0.05, 0) is 48.7 Å². The molecular formula is C19H19N5O. The molecular weight excluding hydrogens is 314 g/mol.